The predicted molar refractivity (Wildman–Crippen MR) is 142 cm³/mol. The van der Waals surface area contributed by atoms with Gasteiger partial charge in [-0.1, -0.05) is 23.7 Å². The zero-order chi connectivity index (χ0) is 28.4. The van der Waals surface area contributed by atoms with E-state index in [9.17, 15) is 23.2 Å². The van der Waals surface area contributed by atoms with Crippen LogP contribution in [0.4, 0.5) is 13.2 Å². The largest absolute Gasteiger partial charge is 0.465 e. The summed E-state index contributed by atoms with van der Waals surface area (Å²) in [4.78, 5) is 40.1. The van der Waals surface area contributed by atoms with E-state index in [0.29, 0.717) is 34.6 Å². The van der Waals surface area contributed by atoms with Gasteiger partial charge in [-0.05, 0) is 61.4 Å². The highest BCUT2D eigenvalue weighted by Crippen LogP contribution is 2.51. The Hall–Kier alpha value is -4.05. The van der Waals surface area contributed by atoms with E-state index in [1.807, 2.05) is 0 Å². The van der Waals surface area contributed by atoms with Gasteiger partial charge in [0.25, 0.3) is 11.8 Å². The molecule has 4 aromatic rings. The van der Waals surface area contributed by atoms with Gasteiger partial charge in [0.05, 0.1) is 41.5 Å². The molecular weight excluding hydrogens is 547 g/mol. The first-order chi connectivity index (χ1) is 19.1. The Balaban J connectivity index is 1.46. The number of carbonyl (C=O) groups is 2. The maximum absolute atomic E-state index is 15.6. The monoisotopic (exact) mass is 569 g/mol. The van der Waals surface area contributed by atoms with Crippen molar-refractivity contribution >= 4 is 34.5 Å². The number of esters is 1. The first-order valence-electron chi connectivity index (χ1n) is 12.6. The average molecular weight is 570 g/mol. The van der Waals surface area contributed by atoms with E-state index < -0.39 is 41.4 Å². The number of rotatable bonds is 5. The maximum atomic E-state index is 15.6. The Kier molecular flexibility index (Phi) is 6.06. The number of hydrogen-bond acceptors (Lipinski definition) is 4. The molecule has 1 aromatic heterocycles. The van der Waals surface area contributed by atoms with Crippen molar-refractivity contribution in [2.24, 2.45) is 0 Å². The highest BCUT2D eigenvalue weighted by atomic mass is 35.5. The van der Waals surface area contributed by atoms with Gasteiger partial charge in [0.15, 0.2) is 0 Å². The number of halogens is 4. The van der Waals surface area contributed by atoms with Crippen molar-refractivity contribution in [3.8, 4) is 5.69 Å². The van der Waals surface area contributed by atoms with Gasteiger partial charge in [-0.3, -0.25) is 13.9 Å². The van der Waals surface area contributed by atoms with E-state index in [1.54, 1.807) is 42.5 Å². The van der Waals surface area contributed by atoms with Gasteiger partial charge in [0, 0.05) is 29.1 Å². The van der Waals surface area contributed by atoms with Crippen LogP contribution in [-0.2, 0) is 10.3 Å². The zero-order valence-electron chi connectivity index (χ0n) is 21.3. The van der Waals surface area contributed by atoms with Crippen molar-refractivity contribution < 1.29 is 27.5 Å². The molecule has 0 radical (unpaired) electrons. The number of benzene rings is 3. The minimum atomic E-state index is -2.90. The Morgan fingerprint density at radius 1 is 0.975 bits per heavy atom. The first kappa shape index (κ1) is 26.2. The molecule has 1 aliphatic heterocycles. The number of imidazole rings is 1. The van der Waals surface area contributed by atoms with Crippen LogP contribution in [-0.4, -0.2) is 52.0 Å². The summed E-state index contributed by atoms with van der Waals surface area (Å²) in [7, 11) is 1.17. The van der Waals surface area contributed by atoms with Crippen molar-refractivity contribution in [1.82, 2.24) is 14.0 Å². The molecule has 0 unspecified atom stereocenters. The fourth-order valence-electron chi connectivity index (χ4n) is 5.57. The molecule has 40 heavy (non-hydrogen) atoms. The Morgan fingerprint density at radius 3 is 2.33 bits per heavy atom. The van der Waals surface area contributed by atoms with Crippen LogP contribution in [0, 0.1) is 5.82 Å². The minimum absolute atomic E-state index is 0.0329. The molecule has 0 N–H and O–H groups in total. The third-order valence-electron chi connectivity index (χ3n) is 7.69. The second-order valence-corrected chi connectivity index (χ2v) is 10.6. The SMILES string of the molecule is COC(=O)c1cccc(C2(n3c(=O)n(-c4ccc(C(=O)N5CCC(F)(F)C5)cc4)c4cc(Cl)ccc43)CC2)c1F. The molecule has 2 fully saturated rings. The van der Waals surface area contributed by atoms with E-state index >= 15 is 4.39 Å². The molecule has 0 bridgehead atoms. The lowest BCUT2D eigenvalue weighted by Gasteiger charge is -2.20. The molecule has 11 heteroatoms. The summed E-state index contributed by atoms with van der Waals surface area (Å²) in [5.74, 6) is -4.98. The number of fused-ring (bicyclic) bond motifs is 1. The van der Waals surface area contributed by atoms with Crippen LogP contribution in [0.25, 0.3) is 16.7 Å². The zero-order valence-corrected chi connectivity index (χ0v) is 22.1. The van der Waals surface area contributed by atoms with E-state index in [0.717, 1.165) is 4.90 Å². The Morgan fingerprint density at radius 2 is 1.70 bits per heavy atom. The summed E-state index contributed by atoms with van der Waals surface area (Å²) in [6, 6.07) is 15.5. The highest BCUT2D eigenvalue weighted by Gasteiger charge is 2.51. The Labute approximate surface area is 231 Å². The van der Waals surface area contributed by atoms with Crippen LogP contribution in [0.1, 0.15) is 45.5 Å². The van der Waals surface area contributed by atoms with Crippen molar-refractivity contribution in [1.29, 1.82) is 0 Å². The molecule has 2 heterocycles. The number of likely N-dealkylation sites (tertiary alicyclic amines) is 1. The number of nitrogens with zero attached hydrogens (tertiary/aromatic N) is 3. The van der Waals surface area contributed by atoms with E-state index in [4.69, 9.17) is 16.3 Å². The van der Waals surface area contributed by atoms with Gasteiger partial charge in [0.2, 0.25) is 0 Å². The van der Waals surface area contributed by atoms with E-state index in [1.165, 1.54) is 34.4 Å². The normalized spacial score (nSPS) is 17.3. The van der Waals surface area contributed by atoms with Gasteiger partial charge in [-0.2, -0.15) is 0 Å². The van der Waals surface area contributed by atoms with E-state index in [2.05, 4.69) is 0 Å². The molecule has 7 nitrogen and oxygen atoms in total. The van der Waals surface area contributed by atoms with Crippen molar-refractivity contribution in [3.63, 3.8) is 0 Å². The summed E-state index contributed by atoms with van der Waals surface area (Å²) < 4.78 is 50.5. The molecule has 3 aromatic carbocycles. The van der Waals surface area contributed by atoms with Crippen LogP contribution >= 0.6 is 11.6 Å². The topological polar surface area (TPSA) is 73.5 Å². The van der Waals surface area contributed by atoms with Crippen molar-refractivity contribution in [3.05, 3.63) is 98.7 Å². The quantitative estimate of drug-likeness (QED) is 0.302. The molecule has 6 rings (SSSR count). The maximum Gasteiger partial charge on any atom is 0.340 e. The van der Waals surface area contributed by atoms with Gasteiger partial charge in [-0.15, -0.1) is 0 Å². The fraction of sp³-hybridized carbons (Fsp3) is 0.276. The molecule has 1 amide bonds. The minimum Gasteiger partial charge on any atom is -0.465 e. The third kappa shape index (κ3) is 4.09. The summed E-state index contributed by atoms with van der Waals surface area (Å²) >= 11 is 6.30. The molecule has 1 saturated heterocycles. The number of alkyl halides is 2. The lowest BCUT2D eigenvalue weighted by atomic mass is 10.00. The molecule has 0 spiro atoms. The molecule has 1 aliphatic carbocycles. The third-order valence-corrected chi connectivity index (χ3v) is 7.92. The average Bonchev–Trinajstić information content (AvgIpc) is 3.56. The summed E-state index contributed by atoms with van der Waals surface area (Å²) in [5.41, 5.74) is 0.101. The van der Waals surface area contributed by atoms with Gasteiger partial charge in [0.1, 0.15) is 5.82 Å². The number of carbonyl (C=O) groups excluding carboxylic acids is 2. The van der Waals surface area contributed by atoms with Gasteiger partial charge >= 0.3 is 11.7 Å². The number of amides is 1. The predicted octanol–water partition coefficient (Wildman–Crippen LogP) is 5.39. The molecule has 2 aliphatic rings. The van der Waals surface area contributed by atoms with Crippen LogP contribution in [0.3, 0.4) is 0 Å². The number of aromatic nitrogens is 2. The van der Waals surface area contributed by atoms with Gasteiger partial charge in [-0.25, -0.2) is 22.8 Å². The number of ether oxygens (including phenoxy) is 1. The first-order valence-corrected chi connectivity index (χ1v) is 13.0. The standard InChI is InChI=1S/C29H23ClF3N3O4/c1-40-26(38)20-3-2-4-21(24(20)31)28(11-12-28)36-22-10-7-18(30)15-23(22)35(27(36)39)19-8-5-17(6-9-19)25(37)34-14-13-29(32,33)16-34/h2-10,15H,11-14,16H2,1H3. The van der Waals surface area contributed by atoms with Crippen LogP contribution in [0.5, 0.6) is 0 Å². The summed E-state index contributed by atoms with van der Waals surface area (Å²) in [5, 5.41) is 0.379. The lowest BCUT2D eigenvalue weighted by molar-refractivity contribution is 0.0120. The van der Waals surface area contributed by atoms with Crippen LogP contribution < -0.4 is 5.69 Å². The van der Waals surface area contributed by atoms with Crippen LogP contribution in [0.15, 0.2) is 65.5 Å². The second kappa shape index (κ2) is 9.26. The van der Waals surface area contributed by atoms with E-state index in [-0.39, 0.29) is 29.7 Å². The van der Waals surface area contributed by atoms with Crippen molar-refractivity contribution in [2.75, 3.05) is 20.2 Å². The summed E-state index contributed by atoms with van der Waals surface area (Å²) in [6.07, 6.45) is 0.547. The Bertz CT molecular complexity index is 1740. The second-order valence-electron chi connectivity index (χ2n) is 10.2. The van der Waals surface area contributed by atoms with Gasteiger partial charge < -0.3 is 9.64 Å². The highest BCUT2D eigenvalue weighted by molar-refractivity contribution is 6.31. The summed E-state index contributed by atoms with van der Waals surface area (Å²) in [6.45, 7) is -0.663. The molecule has 0 atom stereocenters. The smallest absolute Gasteiger partial charge is 0.340 e. The fourth-order valence-corrected chi connectivity index (χ4v) is 5.74. The number of methoxy groups -OCH3 is 1. The molecule has 1 saturated carbocycles. The molecule has 206 valence electrons. The van der Waals surface area contributed by atoms with Crippen molar-refractivity contribution in [2.45, 2.75) is 30.7 Å². The lowest BCUT2D eigenvalue weighted by Crippen LogP contribution is -2.33. The number of hydrogen-bond donors (Lipinski definition) is 0. The van der Waals surface area contributed by atoms with Crippen LogP contribution in [0.2, 0.25) is 5.02 Å². The molecular formula is C29H23ClF3N3O4.